The molecule has 2 saturated heterocycles. The molecule has 0 aromatic heterocycles. The third kappa shape index (κ3) is 6.13. The maximum Gasteiger partial charge on any atom is 0.120 e. The highest BCUT2D eigenvalue weighted by Gasteiger charge is 2.28. The van der Waals surface area contributed by atoms with Crippen LogP contribution in [-0.4, -0.2) is 65.8 Å². The highest BCUT2D eigenvalue weighted by Crippen LogP contribution is 2.24. The summed E-state index contributed by atoms with van der Waals surface area (Å²) in [7, 11) is 0. The molecule has 1 N–H and O–H groups in total. The Morgan fingerprint density at radius 1 is 0.969 bits per heavy atom. The van der Waals surface area contributed by atoms with Gasteiger partial charge in [-0.3, -0.25) is 9.80 Å². The number of nitrogens with zero attached hydrogens (tertiary/aromatic N) is 3. The number of piperazine rings is 1. The topological polar surface area (TPSA) is 30.0 Å². The molecule has 2 heterocycles. The van der Waals surface area contributed by atoms with Gasteiger partial charge in [0.05, 0.1) is 0 Å². The molecule has 0 amide bonds. The molecule has 0 spiro atoms. The smallest absolute Gasteiger partial charge is 0.120 e. The minimum atomic E-state index is -0.951. The molecule has 0 unspecified atom stereocenters. The highest BCUT2D eigenvalue weighted by molar-refractivity contribution is 5.53. The van der Waals surface area contributed by atoms with E-state index in [1.165, 1.54) is 36.2 Å². The second kappa shape index (κ2) is 10.1. The maximum absolute atomic E-state index is 9.78. The van der Waals surface area contributed by atoms with E-state index < -0.39 is 5.60 Å². The van der Waals surface area contributed by atoms with Crippen LogP contribution < -0.4 is 4.90 Å². The van der Waals surface area contributed by atoms with E-state index in [-0.39, 0.29) is 0 Å². The summed E-state index contributed by atoms with van der Waals surface area (Å²) in [5.74, 6) is 5.94. The van der Waals surface area contributed by atoms with Gasteiger partial charge < -0.3 is 10.0 Å². The minimum Gasteiger partial charge on any atom is -0.378 e. The number of aryl methyl sites for hydroxylation is 1. The molecule has 0 aliphatic carbocycles. The lowest BCUT2D eigenvalue weighted by molar-refractivity contribution is 0.0887. The average molecular weight is 432 g/mol. The van der Waals surface area contributed by atoms with Gasteiger partial charge in [0.2, 0.25) is 0 Å². The van der Waals surface area contributed by atoms with Crippen molar-refractivity contribution in [3.8, 4) is 11.8 Å². The fourth-order valence-electron chi connectivity index (χ4n) is 4.90. The Morgan fingerprint density at radius 2 is 1.69 bits per heavy atom. The van der Waals surface area contributed by atoms with E-state index in [0.29, 0.717) is 6.04 Å². The maximum atomic E-state index is 9.78. The third-order valence-electron chi connectivity index (χ3n) is 6.64. The molecule has 2 aliphatic rings. The predicted octanol–water partition coefficient (Wildman–Crippen LogP) is 3.90. The van der Waals surface area contributed by atoms with Gasteiger partial charge in [-0.1, -0.05) is 42.2 Å². The van der Waals surface area contributed by atoms with Crippen molar-refractivity contribution < 1.29 is 5.11 Å². The summed E-state index contributed by atoms with van der Waals surface area (Å²) >= 11 is 0. The zero-order valence-corrected chi connectivity index (χ0v) is 19.8. The molecule has 1 atom stereocenters. The fraction of sp³-hybridized carbons (Fsp3) is 0.500. The Hall–Kier alpha value is -2.32. The standard InChI is InChI=1S/C28H37N3O/c1-23-7-4-5-9-27(23)31-19-17-30(18-20-31)26-8-6-16-29(22-26)21-25-12-10-24(11-13-25)14-15-28(2,3)32/h4-5,7,9-13,26,32H,6,8,16-22H2,1-3H3/t26-/m1/s1. The molecule has 2 fully saturated rings. The van der Waals surface area contributed by atoms with Crippen LogP contribution in [0.25, 0.3) is 0 Å². The summed E-state index contributed by atoms with van der Waals surface area (Å²) in [6, 6.07) is 17.9. The van der Waals surface area contributed by atoms with Gasteiger partial charge in [-0.05, 0) is 69.5 Å². The predicted molar refractivity (Wildman–Crippen MR) is 133 cm³/mol. The first-order chi connectivity index (χ1) is 15.4. The third-order valence-corrected chi connectivity index (χ3v) is 6.64. The molecule has 2 aromatic rings. The van der Waals surface area contributed by atoms with Crippen LogP contribution in [0, 0.1) is 18.8 Å². The number of rotatable bonds is 4. The molecule has 0 radical (unpaired) electrons. The summed E-state index contributed by atoms with van der Waals surface area (Å²) in [5.41, 5.74) is 4.12. The number of benzene rings is 2. The zero-order valence-electron chi connectivity index (χ0n) is 19.8. The first kappa shape index (κ1) is 22.9. The molecular weight excluding hydrogens is 394 g/mol. The Morgan fingerprint density at radius 3 is 2.38 bits per heavy atom. The van der Waals surface area contributed by atoms with Crippen molar-refractivity contribution in [3.05, 3.63) is 65.2 Å². The van der Waals surface area contributed by atoms with Crippen LogP contribution >= 0.6 is 0 Å². The first-order valence-electron chi connectivity index (χ1n) is 12.0. The van der Waals surface area contributed by atoms with Crippen molar-refractivity contribution in [1.82, 2.24) is 9.80 Å². The Bertz CT molecular complexity index is 943. The van der Waals surface area contributed by atoms with Gasteiger partial charge >= 0.3 is 0 Å². The van der Waals surface area contributed by atoms with E-state index >= 15 is 0 Å². The summed E-state index contributed by atoms with van der Waals surface area (Å²) in [6.45, 7) is 13.5. The van der Waals surface area contributed by atoms with Gasteiger partial charge in [0, 0.05) is 56.6 Å². The minimum absolute atomic E-state index is 0.666. The summed E-state index contributed by atoms with van der Waals surface area (Å²) in [6.07, 6.45) is 2.59. The summed E-state index contributed by atoms with van der Waals surface area (Å²) in [4.78, 5) is 7.88. The Kier molecular flexibility index (Phi) is 7.20. The fourth-order valence-corrected chi connectivity index (χ4v) is 4.90. The monoisotopic (exact) mass is 431 g/mol. The quantitative estimate of drug-likeness (QED) is 0.744. The van der Waals surface area contributed by atoms with Gasteiger partial charge in [0.15, 0.2) is 0 Å². The average Bonchev–Trinajstić information content (AvgIpc) is 2.79. The number of likely N-dealkylation sites (tertiary alicyclic amines) is 1. The Labute approximate surface area is 193 Å². The van der Waals surface area contributed by atoms with Gasteiger partial charge in [0.25, 0.3) is 0 Å². The van der Waals surface area contributed by atoms with Crippen molar-refractivity contribution in [2.75, 3.05) is 44.2 Å². The number of hydrogen-bond acceptors (Lipinski definition) is 4. The van der Waals surface area contributed by atoms with E-state index in [2.05, 4.69) is 82.0 Å². The van der Waals surface area contributed by atoms with Crippen LogP contribution in [0.15, 0.2) is 48.5 Å². The first-order valence-corrected chi connectivity index (χ1v) is 12.0. The lowest BCUT2D eigenvalue weighted by Crippen LogP contribution is -2.55. The molecule has 2 aromatic carbocycles. The van der Waals surface area contributed by atoms with Crippen molar-refractivity contribution in [3.63, 3.8) is 0 Å². The molecule has 0 saturated carbocycles. The van der Waals surface area contributed by atoms with E-state index in [0.717, 1.165) is 44.8 Å². The van der Waals surface area contributed by atoms with Crippen LogP contribution in [0.2, 0.25) is 0 Å². The molecule has 32 heavy (non-hydrogen) atoms. The largest absolute Gasteiger partial charge is 0.378 e. The molecular formula is C28H37N3O. The van der Waals surface area contributed by atoms with Gasteiger partial charge in [-0.2, -0.15) is 0 Å². The van der Waals surface area contributed by atoms with Crippen molar-refractivity contribution in [2.24, 2.45) is 0 Å². The highest BCUT2D eigenvalue weighted by atomic mass is 16.3. The van der Waals surface area contributed by atoms with Crippen LogP contribution in [0.3, 0.4) is 0 Å². The molecule has 4 heteroatoms. The van der Waals surface area contributed by atoms with Gasteiger partial charge in [-0.15, -0.1) is 0 Å². The van der Waals surface area contributed by atoms with E-state index in [4.69, 9.17) is 0 Å². The van der Waals surface area contributed by atoms with Crippen LogP contribution in [0.5, 0.6) is 0 Å². The summed E-state index contributed by atoms with van der Waals surface area (Å²) < 4.78 is 0. The lowest BCUT2D eigenvalue weighted by Gasteiger charge is -2.44. The number of para-hydroxylation sites is 1. The van der Waals surface area contributed by atoms with Crippen LogP contribution in [0.1, 0.15) is 43.4 Å². The lowest BCUT2D eigenvalue weighted by atomic mass is 10.0. The van der Waals surface area contributed by atoms with E-state index in [1.54, 1.807) is 13.8 Å². The molecule has 4 rings (SSSR count). The molecule has 4 nitrogen and oxygen atoms in total. The van der Waals surface area contributed by atoms with E-state index in [9.17, 15) is 5.11 Å². The zero-order chi connectivity index (χ0) is 22.6. The summed E-state index contributed by atoms with van der Waals surface area (Å²) in [5, 5.41) is 9.78. The van der Waals surface area contributed by atoms with Crippen LogP contribution in [-0.2, 0) is 6.54 Å². The molecule has 0 bridgehead atoms. The van der Waals surface area contributed by atoms with Gasteiger partial charge in [0.1, 0.15) is 5.60 Å². The Balaban J connectivity index is 1.29. The molecule has 170 valence electrons. The number of aliphatic hydroxyl groups is 1. The van der Waals surface area contributed by atoms with Crippen LogP contribution in [0.4, 0.5) is 5.69 Å². The number of anilines is 1. The van der Waals surface area contributed by atoms with Crippen molar-refractivity contribution in [1.29, 1.82) is 0 Å². The number of hydrogen-bond donors (Lipinski definition) is 1. The second-order valence-corrected chi connectivity index (χ2v) is 9.85. The second-order valence-electron chi connectivity index (χ2n) is 9.85. The van der Waals surface area contributed by atoms with E-state index in [1.807, 2.05) is 0 Å². The normalized spacial score (nSPS) is 20.6. The van der Waals surface area contributed by atoms with Crippen molar-refractivity contribution >= 4 is 5.69 Å². The SMILES string of the molecule is Cc1ccccc1N1CCN([C@@H]2CCCN(Cc3ccc(C#CC(C)(C)O)cc3)C2)CC1. The van der Waals surface area contributed by atoms with Crippen molar-refractivity contribution in [2.45, 2.75) is 51.8 Å². The number of piperidine rings is 1. The molecule has 2 aliphatic heterocycles. The van der Waals surface area contributed by atoms with Gasteiger partial charge in [-0.25, -0.2) is 0 Å².